The number of amides is 4. The number of aromatic nitrogens is 2. The molecule has 6 heterocycles. The predicted octanol–water partition coefficient (Wildman–Crippen LogP) is 32.4. The highest BCUT2D eigenvalue weighted by Gasteiger charge is 2.47. The van der Waals surface area contributed by atoms with E-state index in [9.17, 15) is 0 Å². The van der Waals surface area contributed by atoms with Gasteiger partial charge in [0, 0.05) is 99.4 Å². The molecule has 2 aliphatic heterocycles. The summed E-state index contributed by atoms with van der Waals surface area (Å²) >= 11 is 3.85. The van der Waals surface area contributed by atoms with Crippen LogP contribution in [0.1, 0.15) is 477 Å². The summed E-state index contributed by atoms with van der Waals surface area (Å²) in [7, 11) is 0. The molecule has 0 saturated heterocycles. The largest absolute Gasteiger partial charge is 0.274 e. The first kappa shape index (κ1) is 88.3. The molecule has 7 aromatic rings. The number of hydrogen-bond donors (Lipinski definition) is 0. The lowest BCUT2D eigenvalue weighted by Crippen LogP contribution is -2.43. The van der Waals surface area contributed by atoms with E-state index in [1.165, 1.54) is 334 Å². The molecule has 0 bridgehead atoms. The second-order valence-electron chi connectivity index (χ2n) is 35.6. The van der Waals surface area contributed by atoms with Gasteiger partial charge in [0.25, 0.3) is 23.6 Å². The van der Waals surface area contributed by atoms with Crippen LogP contribution in [0.25, 0.3) is 63.5 Å². The summed E-state index contributed by atoms with van der Waals surface area (Å²) in [4.78, 5) is 83.1. The Morgan fingerprint density at radius 2 is 0.604 bits per heavy atom. The average molecular weight is 1550 g/mol. The number of aryl methyl sites for hydroxylation is 2. The van der Waals surface area contributed by atoms with Crippen LogP contribution in [0, 0.1) is 25.7 Å². The van der Waals surface area contributed by atoms with Gasteiger partial charge in [-0.05, 0) is 105 Å². The highest BCUT2D eigenvalue weighted by atomic mass is 32.1. The van der Waals surface area contributed by atoms with Gasteiger partial charge >= 0.3 is 0 Å². The number of benzene rings is 3. The maximum atomic E-state index is 16.3. The van der Waals surface area contributed by atoms with Gasteiger partial charge in [0.15, 0.2) is 0 Å². The molecule has 2 atom stereocenters. The van der Waals surface area contributed by atoms with E-state index in [0.29, 0.717) is 57.1 Å². The van der Waals surface area contributed by atoms with Crippen molar-refractivity contribution in [3.05, 3.63) is 80.5 Å². The maximum Gasteiger partial charge on any atom is 0.262 e. The smallest absolute Gasteiger partial charge is 0.262 e. The Morgan fingerprint density at radius 1 is 0.306 bits per heavy atom. The van der Waals surface area contributed by atoms with Crippen molar-refractivity contribution in [2.24, 2.45) is 11.8 Å². The van der Waals surface area contributed by atoms with Crippen molar-refractivity contribution in [2.75, 3.05) is 13.1 Å². The van der Waals surface area contributed by atoms with Crippen LogP contribution in [0.4, 0.5) is 0 Å². The molecule has 612 valence electrons. The Labute approximate surface area is 682 Å². The van der Waals surface area contributed by atoms with Crippen LogP contribution in [0.15, 0.2) is 36.7 Å². The molecule has 111 heavy (non-hydrogen) atoms. The molecule has 4 aromatic heterocycles. The summed E-state index contributed by atoms with van der Waals surface area (Å²) in [5.74, 6) is -0.479. The number of hydrogen-bond acceptors (Lipinski definition) is 8. The fourth-order valence-electron chi connectivity index (χ4n) is 20.1. The summed E-state index contributed by atoms with van der Waals surface area (Å²) in [5.41, 5.74) is 8.17. The topological polar surface area (TPSA) is 101 Å². The molecule has 10 rings (SSSR count). The third-order valence-electron chi connectivity index (χ3n) is 26.6. The zero-order valence-electron chi connectivity index (χ0n) is 71.8. The minimum Gasteiger partial charge on any atom is -0.274 e. The number of rotatable bonds is 63. The van der Waals surface area contributed by atoms with E-state index in [1.54, 1.807) is 22.2 Å². The SMILES string of the molecule is CCCCCCCCCCCCC(CCCCCCCCCC)CN1C(=O)c2cnc3c4c(-c5cc6c(s5)-c5sc(C)cc5C6(CCCCCCCCCC)CCCCCCCCCC)cc5c6c(cnc(c7c(C)cc(c2c37)C1=O)c64)C(=O)N(CC(CCCCCCCCCC)CCCCCCCCCCCC)C5=O. The molecule has 1 aliphatic carbocycles. The molecule has 10 heteroatoms. The molecule has 3 aliphatic rings. The number of carbonyl (C=O) groups is 4. The molecule has 2 unspecified atom stereocenters. The van der Waals surface area contributed by atoms with E-state index in [4.69, 9.17) is 9.97 Å². The van der Waals surface area contributed by atoms with Gasteiger partial charge in [-0.3, -0.25) is 38.9 Å². The van der Waals surface area contributed by atoms with E-state index in [0.717, 1.165) is 102 Å². The van der Waals surface area contributed by atoms with Crippen LogP contribution >= 0.6 is 22.7 Å². The van der Waals surface area contributed by atoms with Gasteiger partial charge in [-0.1, -0.05) is 375 Å². The van der Waals surface area contributed by atoms with Crippen molar-refractivity contribution >= 4 is 89.7 Å². The predicted molar refractivity (Wildman–Crippen MR) is 480 cm³/mol. The summed E-state index contributed by atoms with van der Waals surface area (Å²) in [6.07, 6.45) is 76.0. The normalized spacial score (nSPS) is 14.5. The van der Waals surface area contributed by atoms with E-state index >= 15 is 19.2 Å². The van der Waals surface area contributed by atoms with Gasteiger partial charge in [-0.15, -0.1) is 22.7 Å². The standard InChI is InChI=1S/C101H152N4O4S2/c1-9-15-21-27-33-39-41-45-51-57-62-77(61-55-49-43-35-29-23-17-11-3)73-104-97(106)80-67-75(7)87-91-88(80)82(99(104)108)72-103-94(91)90-79(86-70-85-96(111-86)95-84(68-76(8)110-95)101(85,65-59-53-47-37-31-25-19-13-5)66-60-54-48-38-32-26-20-14-6)69-81-89-83(71-102-93(87)92(89)90)100(109)105(98(81)107)74-78(63-56-50-44-36-30-24-18-12-4)64-58-52-46-42-40-34-28-22-16-10-2/h67-72,77-78H,9-66,73-74H2,1-8H3. The first-order chi connectivity index (χ1) is 54.5. The van der Waals surface area contributed by atoms with Crippen LogP contribution in [-0.2, 0) is 5.41 Å². The lowest BCUT2D eigenvalue weighted by molar-refractivity contribution is 0.0562. The molecule has 0 fully saturated rings. The Balaban J connectivity index is 1.05. The fourth-order valence-corrected chi connectivity index (χ4v) is 22.6. The molecular weight excluding hydrogens is 1400 g/mol. The lowest BCUT2D eigenvalue weighted by atomic mass is 9.71. The van der Waals surface area contributed by atoms with Crippen molar-refractivity contribution in [1.29, 1.82) is 0 Å². The second-order valence-corrected chi connectivity index (χ2v) is 37.9. The number of nitrogens with zero attached hydrogens (tertiary/aromatic N) is 4. The van der Waals surface area contributed by atoms with Crippen LogP contribution in [0.3, 0.4) is 0 Å². The van der Waals surface area contributed by atoms with Crippen molar-refractivity contribution in [2.45, 2.75) is 433 Å². The first-order valence-corrected chi connectivity index (χ1v) is 49.0. The summed E-state index contributed by atoms with van der Waals surface area (Å²) in [6, 6.07) is 9.32. The average Bonchev–Trinajstić information content (AvgIpc) is 1.15. The number of unbranched alkanes of at least 4 members (excludes halogenated alkanes) is 46. The number of thiophene rings is 2. The quantitative estimate of drug-likeness (QED) is 0.0163. The number of imide groups is 2. The molecule has 0 spiro atoms. The van der Waals surface area contributed by atoms with Gasteiger partial charge in [-0.25, -0.2) is 0 Å². The van der Waals surface area contributed by atoms with Crippen molar-refractivity contribution in [3.8, 4) is 20.2 Å². The molecule has 0 saturated carbocycles. The van der Waals surface area contributed by atoms with Gasteiger partial charge in [-0.2, -0.15) is 0 Å². The first-order valence-electron chi connectivity index (χ1n) is 47.4. The third kappa shape index (κ3) is 23.2. The molecule has 3 aromatic carbocycles. The van der Waals surface area contributed by atoms with E-state index in [1.807, 2.05) is 28.7 Å². The summed E-state index contributed by atoms with van der Waals surface area (Å²) < 4.78 is 0. The van der Waals surface area contributed by atoms with Crippen molar-refractivity contribution in [1.82, 2.24) is 19.8 Å². The van der Waals surface area contributed by atoms with E-state index in [2.05, 4.69) is 73.6 Å². The van der Waals surface area contributed by atoms with Gasteiger partial charge in [0.2, 0.25) is 0 Å². The van der Waals surface area contributed by atoms with Crippen molar-refractivity contribution in [3.63, 3.8) is 0 Å². The van der Waals surface area contributed by atoms with Crippen LogP contribution < -0.4 is 0 Å². The zero-order chi connectivity index (χ0) is 78.2. The number of pyridine rings is 2. The van der Waals surface area contributed by atoms with E-state index < -0.39 is 0 Å². The minimum absolute atomic E-state index is 0.135. The molecular formula is C101H152N4O4S2. The molecule has 0 N–H and O–H groups in total. The maximum absolute atomic E-state index is 16.3. The van der Waals surface area contributed by atoms with Crippen LogP contribution in [0.5, 0.6) is 0 Å². The highest BCUT2D eigenvalue weighted by molar-refractivity contribution is 7.24. The Bertz CT molecular complexity index is 3960. The second kappa shape index (κ2) is 47.2. The zero-order valence-corrected chi connectivity index (χ0v) is 73.4. The van der Waals surface area contributed by atoms with Crippen molar-refractivity contribution < 1.29 is 19.2 Å². The Morgan fingerprint density at radius 3 is 0.973 bits per heavy atom. The number of fused-ring (bicyclic) bond motifs is 5. The summed E-state index contributed by atoms with van der Waals surface area (Å²) in [5, 5.41) is 4.62. The lowest BCUT2D eigenvalue weighted by Gasteiger charge is -2.33. The Hall–Kier alpha value is -5.06. The Kier molecular flexibility index (Phi) is 37.6. The number of carbonyl (C=O) groups excluding carboxylic acids is 4. The van der Waals surface area contributed by atoms with E-state index in [-0.39, 0.29) is 40.9 Å². The van der Waals surface area contributed by atoms with Gasteiger partial charge in [0.1, 0.15) is 0 Å². The fraction of sp³-hybridized carbons (Fsp3) is 0.703. The molecule has 8 nitrogen and oxygen atoms in total. The van der Waals surface area contributed by atoms with Gasteiger partial charge in [0.05, 0.1) is 22.2 Å². The molecule has 0 radical (unpaired) electrons. The molecule has 4 amide bonds. The van der Waals surface area contributed by atoms with Gasteiger partial charge < -0.3 is 0 Å². The highest BCUT2D eigenvalue weighted by Crippen LogP contribution is 2.62. The van der Waals surface area contributed by atoms with Crippen LogP contribution in [-0.4, -0.2) is 56.5 Å². The third-order valence-corrected chi connectivity index (χ3v) is 29.0. The minimum atomic E-state index is -0.249. The summed E-state index contributed by atoms with van der Waals surface area (Å²) in [6.45, 7) is 19.0. The monoisotopic (exact) mass is 1550 g/mol. The van der Waals surface area contributed by atoms with Crippen LogP contribution in [0.2, 0.25) is 0 Å².